The van der Waals surface area contributed by atoms with Gasteiger partial charge >= 0.3 is 0 Å². The number of nitrogens with zero attached hydrogens (tertiary/aromatic N) is 2. The number of rotatable bonds is 3. The van der Waals surface area contributed by atoms with E-state index in [0.29, 0.717) is 12.0 Å². The summed E-state index contributed by atoms with van der Waals surface area (Å²) in [5, 5.41) is 11.8. The van der Waals surface area contributed by atoms with E-state index in [4.69, 9.17) is 4.74 Å². The summed E-state index contributed by atoms with van der Waals surface area (Å²) in [5.41, 5.74) is 4.94. The van der Waals surface area contributed by atoms with Crippen molar-refractivity contribution >= 4 is 5.82 Å². The molecule has 0 unspecified atom stereocenters. The molecule has 2 N–H and O–H groups in total. The van der Waals surface area contributed by atoms with E-state index in [1.807, 2.05) is 6.92 Å². The Morgan fingerprint density at radius 1 is 1.29 bits per heavy atom. The van der Waals surface area contributed by atoms with Gasteiger partial charge in [0.05, 0.1) is 12.3 Å². The molecule has 0 saturated carbocycles. The van der Waals surface area contributed by atoms with Crippen molar-refractivity contribution in [3.05, 3.63) is 40.6 Å². The fourth-order valence-corrected chi connectivity index (χ4v) is 3.92. The first-order valence-electron chi connectivity index (χ1n) is 8.86. The molecule has 5 heteroatoms. The first-order chi connectivity index (χ1) is 11.6. The number of benzene rings is 1. The standard InChI is InChI=1S/C19H26N4O/c1-12-6-13(2)19-16(7-12)17(4-5-24-19)20-9-15-10-21-18-8-14(3)22-23(18)11-15/h6-8,15,17,20-21H,4-5,9-11H2,1-3H3/t15-,17-/m1/s1. The lowest BCUT2D eigenvalue weighted by Gasteiger charge is -2.31. The van der Waals surface area contributed by atoms with E-state index in [2.05, 4.69) is 52.5 Å². The smallest absolute Gasteiger partial charge is 0.126 e. The number of hydrogen-bond acceptors (Lipinski definition) is 4. The minimum absolute atomic E-state index is 0.383. The van der Waals surface area contributed by atoms with E-state index < -0.39 is 0 Å². The lowest BCUT2D eigenvalue weighted by Crippen LogP contribution is -2.38. The maximum atomic E-state index is 5.91. The van der Waals surface area contributed by atoms with Gasteiger partial charge in [0.15, 0.2) is 0 Å². The maximum Gasteiger partial charge on any atom is 0.126 e. The molecule has 0 amide bonds. The number of aryl methyl sites for hydroxylation is 3. The number of nitrogens with one attached hydrogen (secondary N) is 2. The van der Waals surface area contributed by atoms with Crippen LogP contribution in [0.25, 0.3) is 0 Å². The highest BCUT2D eigenvalue weighted by Crippen LogP contribution is 2.35. The van der Waals surface area contributed by atoms with Gasteiger partial charge in [-0.15, -0.1) is 0 Å². The second-order valence-corrected chi connectivity index (χ2v) is 7.20. The summed E-state index contributed by atoms with van der Waals surface area (Å²) in [5.74, 6) is 2.77. The van der Waals surface area contributed by atoms with Crippen molar-refractivity contribution in [2.45, 2.75) is 39.8 Å². The van der Waals surface area contributed by atoms with Crippen LogP contribution < -0.4 is 15.4 Å². The summed E-state index contributed by atoms with van der Waals surface area (Å²) in [6, 6.07) is 6.97. The molecule has 128 valence electrons. The molecule has 0 fully saturated rings. The Hall–Kier alpha value is -2.01. The zero-order valence-electron chi connectivity index (χ0n) is 14.7. The Kier molecular flexibility index (Phi) is 3.96. The molecule has 2 atom stereocenters. The van der Waals surface area contributed by atoms with Crippen LogP contribution in [-0.2, 0) is 6.54 Å². The molecule has 1 aromatic carbocycles. The normalized spacial score (nSPS) is 22.3. The lowest BCUT2D eigenvalue weighted by molar-refractivity contribution is 0.244. The number of fused-ring (bicyclic) bond motifs is 2. The topological polar surface area (TPSA) is 51.1 Å². The van der Waals surface area contributed by atoms with Crippen molar-refractivity contribution in [3.8, 4) is 5.75 Å². The molecular formula is C19H26N4O. The van der Waals surface area contributed by atoms with Crippen LogP contribution in [0.5, 0.6) is 5.75 Å². The van der Waals surface area contributed by atoms with Crippen LogP contribution in [0, 0.1) is 26.7 Å². The molecule has 0 aliphatic carbocycles. The summed E-state index contributed by atoms with van der Waals surface area (Å²) in [4.78, 5) is 0. The molecule has 2 aromatic rings. The molecule has 4 rings (SSSR count). The summed E-state index contributed by atoms with van der Waals surface area (Å²) < 4.78 is 8.01. The van der Waals surface area contributed by atoms with Gasteiger partial charge in [0.25, 0.3) is 0 Å². The molecule has 2 aliphatic heterocycles. The summed E-state index contributed by atoms with van der Waals surface area (Å²) in [6.07, 6.45) is 1.03. The average molecular weight is 326 g/mol. The van der Waals surface area contributed by atoms with Crippen molar-refractivity contribution in [2.75, 3.05) is 25.0 Å². The van der Waals surface area contributed by atoms with Gasteiger partial charge in [-0.1, -0.05) is 17.7 Å². The van der Waals surface area contributed by atoms with Crippen LogP contribution in [0.2, 0.25) is 0 Å². The predicted octanol–water partition coefficient (Wildman–Crippen LogP) is 2.96. The fourth-order valence-electron chi connectivity index (χ4n) is 3.92. The van der Waals surface area contributed by atoms with E-state index in [-0.39, 0.29) is 0 Å². The van der Waals surface area contributed by atoms with Crippen LogP contribution in [0.1, 0.15) is 34.8 Å². The van der Waals surface area contributed by atoms with E-state index in [1.165, 1.54) is 16.7 Å². The quantitative estimate of drug-likeness (QED) is 0.910. The monoisotopic (exact) mass is 326 g/mol. The molecular weight excluding hydrogens is 300 g/mol. The predicted molar refractivity (Wildman–Crippen MR) is 95.7 cm³/mol. The molecule has 0 saturated heterocycles. The van der Waals surface area contributed by atoms with Gasteiger partial charge in [-0.05, 0) is 26.3 Å². The minimum atomic E-state index is 0.383. The van der Waals surface area contributed by atoms with Gasteiger partial charge in [0, 0.05) is 49.6 Å². The van der Waals surface area contributed by atoms with E-state index in [9.17, 15) is 0 Å². The molecule has 0 spiro atoms. The second kappa shape index (κ2) is 6.13. The largest absolute Gasteiger partial charge is 0.493 e. The number of ether oxygens (including phenoxy) is 1. The Morgan fingerprint density at radius 2 is 2.17 bits per heavy atom. The first kappa shape index (κ1) is 15.5. The first-order valence-corrected chi connectivity index (χ1v) is 8.86. The zero-order valence-corrected chi connectivity index (χ0v) is 14.7. The Bertz CT molecular complexity index is 752. The zero-order chi connectivity index (χ0) is 16.7. The Labute approximate surface area is 143 Å². The van der Waals surface area contributed by atoms with Gasteiger partial charge < -0.3 is 15.4 Å². The highest BCUT2D eigenvalue weighted by Gasteiger charge is 2.25. The van der Waals surface area contributed by atoms with E-state index in [1.54, 1.807) is 0 Å². The van der Waals surface area contributed by atoms with Gasteiger partial charge in [-0.25, -0.2) is 4.68 Å². The maximum absolute atomic E-state index is 5.91. The number of hydrogen-bond donors (Lipinski definition) is 2. The SMILES string of the molecule is Cc1cc(C)c2c(c1)[C@H](NC[C@@H]1CNc3cc(C)nn3C1)CCO2. The van der Waals surface area contributed by atoms with Crippen molar-refractivity contribution in [2.24, 2.45) is 5.92 Å². The third-order valence-corrected chi connectivity index (χ3v) is 5.03. The van der Waals surface area contributed by atoms with Crippen molar-refractivity contribution < 1.29 is 4.74 Å². The van der Waals surface area contributed by atoms with Gasteiger partial charge in [-0.3, -0.25) is 0 Å². The molecule has 5 nitrogen and oxygen atoms in total. The highest BCUT2D eigenvalue weighted by atomic mass is 16.5. The van der Waals surface area contributed by atoms with Crippen molar-refractivity contribution in [1.29, 1.82) is 0 Å². The van der Waals surface area contributed by atoms with Crippen LogP contribution >= 0.6 is 0 Å². The Morgan fingerprint density at radius 3 is 3.04 bits per heavy atom. The second-order valence-electron chi connectivity index (χ2n) is 7.20. The van der Waals surface area contributed by atoms with Crippen LogP contribution in [-0.4, -0.2) is 29.5 Å². The third kappa shape index (κ3) is 2.88. The molecule has 0 bridgehead atoms. The molecule has 2 aliphatic rings. The molecule has 3 heterocycles. The molecule has 0 radical (unpaired) electrons. The highest BCUT2D eigenvalue weighted by molar-refractivity contribution is 5.46. The van der Waals surface area contributed by atoms with Crippen LogP contribution in [0.15, 0.2) is 18.2 Å². The number of aromatic nitrogens is 2. The Balaban J connectivity index is 1.44. The lowest BCUT2D eigenvalue weighted by atomic mass is 9.95. The third-order valence-electron chi connectivity index (χ3n) is 5.03. The summed E-state index contributed by atoms with van der Waals surface area (Å²) in [7, 11) is 0. The van der Waals surface area contributed by atoms with Crippen LogP contribution in [0.3, 0.4) is 0 Å². The van der Waals surface area contributed by atoms with Crippen molar-refractivity contribution in [3.63, 3.8) is 0 Å². The van der Waals surface area contributed by atoms with E-state index >= 15 is 0 Å². The molecule has 24 heavy (non-hydrogen) atoms. The fraction of sp³-hybridized carbons (Fsp3) is 0.526. The van der Waals surface area contributed by atoms with Crippen LogP contribution in [0.4, 0.5) is 5.82 Å². The summed E-state index contributed by atoms with van der Waals surface area (Å²) in [6.45, 7) is 10.1. The molecule has 1 aromatic heterocycles. The number of anilines is 1. The minimum Gasteiger partial charge on any atom is -0.493 e. The summed E-state index contributed by atoms with van der Waals surface area (Å²) >= 11 is 0. The average Bonchev–Trinajstić information content (AvgIpc) is 2.92. The van der Waals surface area contributed by atoms with Gasteiger partial charge in [0.2, 0.25) is 0 Å². The van der Waals surface area contributed by atoms with Gasteiger partial charge in [-0.2, -0.15) is 5.10 Å². The van der Waals surface area contributed by atoms with Crippen molar-refractivity contribution in [1.82, 2.24) is 15.1 Å². The van der Waals surface area contributed by atoms with Gasteiger partial charge in [0.1, 0.15) is 11.6 Å². The van der Waals surface area contributed by atoms with E-state index in [0.717, 1.165) is 49.9 Å².